The van der Waals surface area contributed by atoms with Crippen molar-refractivity contribution >= 4 is 16.8 Å². The molecule has 0 saturated carbocycles. The quantitative estimate of drug-likeness (QED) is 0.644. The van der Waals surface area contributed by atoms with E-state index in [4.69, 9.17) is 0 Å². The second-order valence-corrected chi connectivity index (χ2v) is 7.62. The summed E-state index contributed by atoms with van der Waals surface area (Å²) in [6, 6.07) is 28.7. The van der Waals surface area contributed by atoms with Crippen LogP contribution in [0.2, 0.25) is 0 Å². The van der Waals surface area contributed by atoms with Gasteiger partial charge < -0.3 is 4.90 Å². The third kappa shape index (κ3) is 3.36. The van der Waals surface area contributed by atoms with Crippen LogP contribution < -0.4 is 0 Å². The summed E-state index contributed by atoms with van der Waals surface area (Å²) in [7, 11) is 3.28. The molecule has 2 nitrogen and oxygen atoms in total. The van der Waals surface area contributed by atoms with Gasteiger partial charge in [0.15, 0.2) is 14.7 Å². The summed E-state index contributed by atoms with van der Waals surface area (Å²) in [5.74, 6) is 0.0370. The van der Waals surface area contributed by atoms with Gasteiger partial charge in [-0.2, -0.15) is 0 Å². The molecular weight excluding hydrogens is 314 g/mol. The van der Waals surface area contributed by atoms with Crippen LogP contribution in [0.25, 0.3) is 0 Å². The summed E-state index contributed by atoms with van der Waals surface area (Å²) >= 11 is 0. The zero-order chi connectivity index (χ0) is 16.9. The fourth-order valence-corrected chi connectivity index (χ4v) is 4.79. The second-order valence-electron chi connectivity index (χ2n) is 5.63. The molecule has 0 N–H and O–H groups in total. The van der Waals surface area contributed by atoms with Crippen LogP contribution in [0, 0.1) is 0 Å². The van der Waals surface area contributed by atoms with Gasteiger partial charge in [0.2, 0.25) is 0 Å². The van der Waals surface area contributed by atoms with Crippen molar-refractivity contribution in [2.45, 2.75) is 14.7 Å². The Labute approximate surface area is 146 Å². The Morgan fingerprint density at radius 2 is 1.17 bits per heavy atom. The fourth-order valence-electron chi connectivity index (χ4n) is 2.57. The zero-order valence-corrected chi connectivity index (χ0v) is 14.7. The van der Waals surface area contributed by atoms with E-state index in [0.29, 0.717) is 0 Å². The predicted octanol–water partition coefficient (Wildman–Crippen LogP) is 4.48. The lowest BCUT2D eigenvalue weighted by Gasteiger charge is -2.14. The van der Waals surface area contributed by atoms with Crippen LogP contribution in [0.3, 0.4) is 0 Å². The van der Waals surface area contributed by atoms with E-state index in [1.807, 2.05) is 30.3 Å². The normalized spacial score (nSPS) is 10.6. The molecule has 3 heteroatoms. The maximum absolute atomic E-state index is 12.7. The van der Waals surface area contributed by atoms with Gasteiger partial charge in [0.1, 0.15) is 10.9 Å². The summed E-state index contributed by atoms with van der Waals surface area (Å²) in [5, 5.41) is 0. The maximum atomic E-state index is 12.7. The lowest BCUT2D eigenvalue weighted by atomic mass is 10.2. The summed E-state index contributed by atoms with van der Waals surface area (Å²) in [4.78, 5) is 17.8. The molecule has 3 rings (SSSR count). The first-order valence-corrected chi connectivity index (χ1v) is 9.06. The molecule has 0 atom stereocenters. The van der Waals surface area contributed by atoms with Gasteiger partial charge in [-0.3, -0.25) is 4.79 Å². The molecule has 0 aliphatic heterocycles. The van der Waals surface area contributed by atoms with Crippen LogP contribution in [-0.4, -0.2) is 24.9 Å². The Morgan fingerprint density at radius 3 is 1.67 bits per heavy atom. The van der Waals surface area contributed by atoms with Crippen LogP contribution in [0.1, 0.15) is 10.4 Å². The Hall–Kier alpha value is -2.52. The lowest BCUT2D eigenvalue weighted by molar-refractivity contribution is 0.0824. The van der Waals surface area contributed by atoms with Crippen molar-refractivity contribution in [1.29, 1.82) is 0 Å². The smallest absolute Gasteiger partial charge is 0.258 e. The van der Waals surface area contributed by atoms with E-state index in [1.54, 1.807) is 19.0 Å². The van der Waals surface area contributed by atoms with Crippen molar-refractivity contribution in [2.24, 2.45) is 0 Å². The first-order chi connectivity index (χ1) is 11.7. The average molecular weight is 334 g/mol. The number of hydrogen-bond acceptors (Lipinski definition) is 1. The number of carbonyl (C=O) groups excluding carboxylic acids is 1. The molecule has 0 aliphatic rings. The molecule has 0 heterocycles. The van der Waals surface area contributed by atoms with Gasteiger partial charge in [-0.15, -0.1) is 0 Å². The van der Waals surface area contributed by atoms with Crippen LogP contribution in [-0.2, 0) is 10.9 Å². The molecule has 0 unspecified atom stereocenters. The molecular formula is C21H20NOS+. The molecule has 0 spiro atoms. The van der Waals surface area contributed by atoms with E-state index in [9.17, 15) is 4.79 Å². The van der Waals surface area contributed by atoms with Crippen molar-refractivity contribution in [2.75, 3.05) is 14.1 Å². The van der Waals surface area contributed by atoms with Gasteiger partial charge in [-0.25, -0.2) is 0 Å². The third-order valence-electron chi connectivity index (χ3n) is 3.70. The maximum Gasteiger partial charge on any atom is 0.258 e. The molecule has 0 saturated heterocycles. The molecule has 3 aromatic rings. The minimum atomic E-state index is -0.311. The molecule has 0 radical (unpaired) electrons. The number of amides is 1. The lowest BCUT2D eigenvalue weighted by Crippen LogP contribution is -2.24. The minimum absolute atomic E-state index is 0.0370. The average Bonchev–Trinajstić information content (AvgIpc) is 2.63. The van der Waals surface area contributed by atoms with Crippen molar-refractivity contribution in [3.63, 3.8) is 0 Å². The molecule has 0 fully saturated rings. The van der Waals surface area contributed by atoms with E-state index in [-0.39, 0.29) is 16.8 Å². The van der Waals surface area contributed by atoms with E-state index < -0.39 is 0 Å². The first-order valence-electron chi connectivity index (χ1n) is 7.83. The third-order valence-corrected chi connectivity index (χ3v) is 5.98. The molecule has 1 amide bonds. The molecule has 24 heavy (non-hydrogen) atoms. The minimum Gasteiger partial charge on any atom is -0.345 e. The van der Waals surface area contributed by atoms with Crippen LogP contribution in [0.15, 0.2) is 99.6 Å². The summed E-state index contributed by atoms with van der Waals surface area (Å²) < 4.78 is 0. The molecule has 3 aromatic carbocycles. The molecule has 0 bridgehead atoms. The molecule has 120 valence electrons. The Kier molecular flexibility index (Phi) is 5.02. The molecule has 0 aromatic heterocycles. The standard InChI is InChI=1S/C21H20NOS/c1-22(2)21(23)19-15-9-10-16-20(19)24(17-11-5-3-6-12-17)18-13-7-4-8-14-18/h3-16H,1-2H3/q+1. The van der Waals surface area contributed by atoms with Crippen LogP contribution in [0.4, 0.5) is 0 Å². The predicted molar refractivity (Wildman–Crippen MR) is 99.5 cm³/mol. The van der Waals surface area contributed by atoms with E-state index >= 15 is 0 Å². The molecule has 0 aliphatic carbocycles. The fraction of sp³-hybridized carbons (Fsp3) is 0.0952. The van der Waals surface area contributed by atoms with Gasteiger partial charge in [0, 0.05) is 14.1 Å². The van der Waals surface area contributed by atoms with Crippen molar-refractivity contribution < 1.29 is 4.79 Å². The first kappa shape index (κ1) is 16.3. The Bertz CT molecular complexity index is 776. The number of hydrogen-bond donors (Lipinski definition) is 0. The van der Waals surface area contributed by atoms with Crippen LogP contribution >= 0.6 is 0 Å². The topological polar surface area (TPSA) is 20.3 Å². The number of benzene rings is 3. The van der Waals surface area contributed by atoms with Crippen molar-refractivity contribution in [3.05, 3.63) is 90.5 Å². The summed E-state index contributed by atoms with van der Waals surface area (Å²) in [5.41, 5.74) is 0.763. The summed E-state index contributed by atoms with van der Waals surface area (Å²) in [6.45, 7) is 0. The highest BCUT2D eigenvalue weighted by molar-refractivity contribution is 7.97. The zero-order valence-electron chi connectivity index (χ0n) is 13.8. The highest BCUT2D eigenvalue weighted by atomic mass is 32.2. The second kappa shape index (κ2) is 7.37. The highest BCUT2D eigenvalue weighted by Crippen LogP contribution is 2.33. The highest BCUT2D eigenvalue weighted by Gasteiger charge is 2.33. The van der Waals surface area contributed by atoms with Crippen LogP contribution in [0.5, 0.6) is 0 Å². The van der Waals surface area contributed by atoms with Gasteiger partial charge in [0.25, 0.3) is 5.91 Å². The van der Waals surface area contributed by atoms with Gasteiger partial charge >= 0.3 is 0 Å². The van der Waals surface area contributed by atoms with Gasteiger partial charge in [-0.1, -0.05) is 48.5 Å². The van der Waals surface area contributed by atoms with Crippen molar-refractivity contribution in [3.8, 4) is 0 Å². The Morgan fingerprint density at radius 1 is 0.708 bits per heavy atom. The summed E-state index contributed by atoms with van der Waals surface area (Å²) in [6.07, 6.45) is 0. The number of carbonyl (C=O) groups is 1. The largest absolute Gasteiger partial charge is 0.345 e. The van der Waals surface area contributed by atoms with E-state index in [2.05, 4.69) is 54.6 Å². The number of nitrogens with zero attached hydrogens (tertiary/aromatic N) is 1. The van der Waals surface area contributed by atoms with Gasteiger partial charge in [-0.05, 0) is 36.4 Å². The van der Waals surface area contributed by atoms with Crippen molar-refractivity contribution in [1.82, 2.24) is 4.90 Å². The van der Waals surface area contributed by atoms with E-state index in [1.165, 1.54) is 9.79 Å². The monoisotopic (exact) mass is 334 g/mol. The Balaban J connectivity index is 2.20. The van der Waals surface area contributed by atoms with E-state index in [0.717, 1.165) is 10.5 Å². The SMILES string of the molecule is CN(C)C(=O)c1ccccc1[S+](c1ccccc1)c1ccccc1. The van der Waals surface area contributed by atoms with Gasteiger partial charge in [0.05, 0.1) is 5.56 Å². The number of rotatable bonds is 4.